The number of rotatable bonds is 10. The van der Waals surface area contributed by atoms with Crippen molar-refractivity contribution in [2.75, 3.05) is 13.2 Å². The first-order valence-electron chi connectivity index (χ1n) is 8.34. The normalized spacial score (nSPS) is 10.3. The molecule has 0 aliphatic carbocycles. The van der Waals surface area contributed by atoms with Crippen molar-refractivity contribution in [3.05, 3.63) is 29.8 Å². The van der Waals surface area contributed by atoms with Crippen LogP contribution in [0.15, 0.2) is 24.3 Å². The molecular weight excluding hydrogens is 292 g/mol. The van der Waals surface area contributed by atoms with Crippen molar-refractivity contribution in [3.63, 3.8) is 0 Å². The fourth-order valence-electron chi connectivity index (χ4n) is 2.02. The summed E-state index contributed by atoms with van der Waals surface area (Å²) >= 11 is 0. The fraction of sp³-hybridized carbons (Fsp3) is 0.526. The Morgan fingerprint density at radius 3 is 2.13 bits per heavy atom. The Bertz CT molecular complexity index is 534. The van der Waals surface area contributed by atoms with E-state index in [4.69, 9.17) is 14.2 Å². The maximum Gasteiger partial charge on any atom is 0.338 e. The van der Waals surface area contributed by atoms with Crippen LogP contribution >= 0.6 is 0 Å². The van der Waals surface area contributed by atoms with E-state index in [2.05, 4.69) is 20.4 Å². The minimum atomic E-state index is -0.462. The average Bonchev–Trinajstić information content (AvgIpc) is 2.53. The lowest BCUT2D eigenvalue weighted by Gasteiger charge is -2.19. The van der Waals surface area contributed by atoms with Crippen molar-refractivity contribution in [3.8, 4) is 17.2 Å². The summed E-state index contributed by atoms with van der Waals surface area (Å²) in [7, 11) is 0. The second-order valence-electron chi connectivity index (χ2n) is 5.50. The lowest BCUT2D eigenvalue weighted by Crippen LogP contribution is -2.11. The van der Waals surface area contributed by atoms with E-state index in [1.165, 1.54) is 0 Å². The first-order chi connectivity index (χ1) is 11.0. The van der Waals surface area contributed by atoms with E-state index in [9.17, 15) is 4.79 Å². The second kappa shape index (κ2) is 9.93. The van der Waals surface area contributed by atoms with Crippen LogP contribution in [0.1, 0.15) is 52.5 Å². The van der Waals surface area contributed by atoms with Gasteiger partial charge in [0.15, 0.2) is 11.5 Å². The summed E-state index contributed by atoms with van der Waals surface area (Å²) in [5.41, 5.74) is 1.42. The molecule has 0 saturated heterocycles. The zero-order valence-corrected chi connectivity index (χ0v) is 14.7. The van der Waals surface area contributed by atoms with Crippen molar-refractivity contribution in [1.82, 2.24) is 0 Å². The quantitative estimate of drug-likeness (QED) is 0.356. The number of benzene rings is 1. The molecule has 1 aromatic carbocycles. The lowest BCUT2D eigenvalue weighted by molar-refractivity contribution is -0.130. The van der Waals surface area contributed by atoms with Crippen LogP contribution in [0.25, 0.3) is 0 Å². The van der Waals surface area contributed by atoms with Gasteiger partial charge in [0.05, 0.1) is 13.2 Å². The second-order valence-corrected chi connectivity index (χ2v) is 5.50. The summed E-state index contributed by atoms with van der Waals surface area (Å²) in [6, 6.07) is 3.71. The van der Waals surface area contributed by atoms with E-state index in [1.807, 2.05) is 13.0 Å². The molecule has 0 aliphatic heterocycles. The molecule has 0 saturated carbocycles. The molecule has 128 valence electrons. The van der Waals surface area contributed by atoms with E-state index in [0.717, 1.165) is 31.2 Å². The molecule has 0 atom stereocenters. The molecule has 4 heteroatoms. The average molecular weight is 320 g/mol. The smallest absolute Gasteiger partial charge is 0.338 e. The van der Waals surface area contributed by atoms with Crippen molar-refractivity contribution in [1.29, 1.82) is 0 Å². The standard InChI is InChI=1S/C19H28O4/c1-6-9-15-10-11-16(23-19(20)14(4)5)18(22-13-8-3)17(15)21-12-7-2/h10-11H,4,6-9,12-13H2,1-3,5H3. The monoisotopic (exact) mass is 320 g/mol. The van der Waals surface area contributed by atoms with Gasteiger partial charge in [-0.2, -0.15) is 0 Å². The van der Waals surface area contributed by atoms with E-state index in [1.54, 1.807) is 13.0 Å². The summed E-state index contributed by atoms with van der Waals surface area (Å²) in [5, 5.41) is 0. The SMILES string of the molecule is C=C(C)C(=O)Oc1ccc(CCC)c(OCCC)c1OCCC. The molecule has 1 aromatic rings. The number of carbonyl (C=O) groups is 1. The van der Waals surface area contributed by atoms with Gasteiger partial charge in [0.1, 0.15) is 0 Å². The Morgan fingerprint density at radius 2 is 1.61 bits per heavy atom. The van der Waals surface area contributed by atoms with Crippen LogP contribution in [-0.4, -0.2) is 19.2 Å². The lowest BCUT2D eigenvalue weighted by atomic mass is 10.1. The number of hydrogen-bond acceptors (Lipinski definition) is 4. The Labute approximate surface area is 139 Å². The topological polar surface area (TPSA) is 44.8 Å². The molecule has 0 aromatic heterocycles. The minimum Gasteiger partial charge on any atom is -0.489 e. The van der Waals surface area contributed by atoms with Crippen LogP contribution in [0.5, 0.6) is 17.2 Å². The van der Waals surface area contributed by atoms with Gasteiger partial charge >= 0.3 is 5.97 Å². The van der Waals surface area contributed by atoms with Gasteiger partial charge in [-0.3, -0.25) is 0 Å². The third-order valence-corrected chi connectivity index (χ3v) is 3.13. The zero-order valence-electron chi connectivity index (χ0n) is 14.7. The molecule has 0 amide bonds. The molecule has 1 rings (SSSR count). The van der Waals surface area contributed by atoms with Gasteiger partial charge in [-0.15, -0.1) is 0 Å². The Balaban J connectivity index is 3.26. The maximum atomic E-state index is 11.9. The molecule has 4 nitrogen and oxygen atoms in total. The van der Waals surface area contributed by atoms with Gasteiger partial charge in [0.2, 0.25) is 5.75 Å². The highest BCUT2D eigenvalue weighted by Crippen LogP contribution is 2.41. The highest BCUT2D eigenvalue weighted by Gasteiger charge is 2.19. The highest BCUT2D eigenvalue weighted by atomic mass is 16.6. The highest BCUT2D eigenvalue weighted by molar-refractivity contribution is 5.89. The first kappa shape index (κ1) is 19.1. The van der Waals surface area contributed by atoms with Crippen molar-refractivity contribution in [2.24, 2.45) is 0 Å². The number of esters is 1. The molecule has 0 bridgehead atoms. The molecule has 23 heavy (non-hydrogen) atoms. The van der Waals surface area contributed by atoms with Crippen molar-refractivity contribution in [2.45, 2.75) is 53.4 Å². The number of aryl methyl sites for hydroxylation is 1. The predicted octanol–water partition coefficient (Wildman–Crippen LogP) is 4.70. The van der Waals surface area contributed by atoms with Gasteiger partial charge in [-0.25, -0.2) is 4.79 Å². The minimum absolute atomic E-state index is 0.347. The first-order valence-corrected chi connectivity index (χ1v) is 8.34. The van der Waals surface area contributed by atoms with Gasteiger partial charge in [-0.05, 0) is 37.8 Å². The van der Waals surface area contributed by atoms with Gasteiger partial charge in [0.25, 0.3) is 0 Å². The number of hydrogen-bond donors (Lipinski definition) is 0. The van der Waals surface area contributed by atoms with E-state index in [0.29, 0.717) is 36.0 Å². The van der Waals surface area contributed by atoms with Crippen LogP contribution in [0.4, 0.5) is 0 Å². The summed E-state index contributed by atoms with van der Waals surface area (Å²) in [4.78, 5) is 11.9. The van der Waals surface area contributed by atoms with Gasteiger partial charge < -0.3 is 14.2 Å². The Hall–Kier alpha value is -1.97. The van der Waals surface area contributed by atoms with Crippen LogP contribution in [0.2, 0.25) is 0 Å². The zero-order chi connectivity index (χ0) is 17.2. The van der Waals surface area contributed by atoms with E-state index in [-0.39, 0.29) is 0 Å². The molecule has 0 N–H and O–H groups in total. The van der Waals surface area contributed by atoms with Crippen LogP contribution in [-0.2, 0) is 11.2 Å². The van der Waals surface area contributed by atoms with Crippen LogP contribution in [0, 0.1) is 0 Å². The maximum absolute atomic E-state index is 11.9. The third kappa shape index (κ3) is 5.62. The molecule has 0 spiro atoms. The largest absolute Gasteiger partial charge is 0.489 e. The fourth-order valence-corrected chi connectivity index (χ4v) is 2.02. The van der Waals surface area contributed by atoms with Crippen LogP contribution in [0.3, 0.4) is 0 Å². The van der Waals surface area contributed by atoms with Gasteiger partial charge in [0, 0.05) is 5.57 Å². The Kier molecular flexibility index (Phi) is 8.23. The van der Waals surface area contributed by atoms with E-state index < -0.39 is 5.97 Å². The molecule has 0 fully saturated rings. The van der Waals surface area contributed by atoms with Crippen molar-refractivity contribution >= 4 is 5.97 Å². The third-order valence-electron chi connectivity index (χ3n) is 3.13. The molecule has 0 aliphatic rings. The predicted molar refractivity (Wildman–Crippen MR) is 92.5 cm³/mol. The van der Waals surface area contributed by atoms with E-state index >= 15 is 0 Å². The molecule has 0 heterocycles. The summed E-state index contributed by atoms with van der Waals surface area (Å²) in [6.45, 7) is 12.6. The number of carbonyl (C=O) groups excluding carboxylic acids is 1. The molecule has 0 radical (unpaired) electrons. The molecular formula is C19H28O4. The van der Waals surface area contributed by atoms with Crippen molar-refractivity contribution < 1.29 is 19.0 Å². The number of ether oxygens (including phenoxy) is 3. The summed E-state index contributed by atoms with van der Waals surface area (Å²) in [6.07, 6.45) is 3.64. The Morgan fingerprint density at radius 1 is 1.00 bits per heavy atom. The summed E-state index contributed by atoms with van der Waals surface area (Å²) in [5.74, 6) is 1.13. The summed E-state index contributed by atoms with van der Waals surface area (Å²) < 4.78 is 17.2. The molecule has 0 unspecified atom stereocenters. The van der Waals surface area contributed by atoms with Crippen LogP contribution < -0.4 is 14.2 Å². The van der Waals surface area contributed by atoms with Gasteiger partial charge in [-0.1, -0.05) is 39.8 Å².